The summed E-state index contributed by atoms with van der Waals surface area (Å²) in [6.45, 7) is 12.4. The molecule has 59 heavy (non-hydrogen) atoms. The predicted octanol–water partition coefficient (Wildman–Crippen LogP) is 5.43. The highest BCUT2D eigenvalue weighted by molar-refractivity contribution is 7.85. The fraction of sp³-hybridized carbons (Fsp3) is 0.512. The zero-order valence-electron chi connectivity index (χ0n) is 34.9. The molecule has 14 nitrogen and oxygen atoms in total. The van der Waals surface area contributed by atoms with Crippen LogP contribution in [0.2, 0.25) is 0 Å². The standard InChI is InChI=1S/C43H59N3O11S2/c1-7-45(23-13-27-59(53,54)55)32-18-19-34-35(42(2,3)4)30-33(57-38(34)29-32)14-11-15-39-43(5,21-12-26-58(50,51)52)36-28-31(41(49)44-22-25-56-6)17-20-37(36)46(39)24-10-8-9-16-40(47)48/h11,14-15,17-20,28-30H,7-10,12-13,16,21-27H2,1-6H3,(H3-,44,47,48,49,50,51,52,53,54,55)/p-1. The van der Waals surface area contributed by atoms with E-state index < -0.39 is 43.1 Å². The number of carboxylic acids is 1. The summed E-state index contributed by atoms with van der Waals surface area (Å²) in [7, 11) is -7.28. The van der Waals surface area contributed by atoms with Crippen LogP contribution in [0, 0.1) is 0 Å². The lowest BCUT2D eigenvalue weighted by molar-refractivity contribution is -0.137. The molecule has 1 amide bonds. The maximum Gasteiger partial charge on any atom is 0.303 e. The number of nitrogens with one attached hydrogen (secondary N) is 1. The number of carboxylic acid groups (broad SMARTS) is 1. The fourth-order valence-corrected chi connectivity index (χ4v) is 8.60. The number of allylic oxidation sites excluding steroid dienone is 3. The van der Waals surface area contributed by atoms with Crippen LogP contribution in [0.1, 0.15) is 107 Å². The fourth-order valence-electron chi connectivity index (χ4n) is 7.62. The van der Waals surface area contributed by atoms with Crippen LogP contribution in [-0.4, -0.2) is 94.3 Å². The summed E-state index contributed by atoms with van der Waals surface area (Å²) in [5.74, 6) is -0.973. The van der Waals surface area contributed by atoms with Gasteiger partial charge < -0.3 is 33.6 Å². The van der Waals surface area contributed by atoms with Gasteiger partial charge in [-0.15, -0.1) is 0 Å². The third kappa shape index (κ3) is 13.3. The van der Waals surface area contributed by atoms with Gasteiger partial charge in [-0.25, -0.2) is 21.4 Å². The molecule has 0 aromatic heterocycles. The summed E-state index contributed by atoms with van der Waals surface area (Å²) < 4.78 is 82.6. The summed E-state index contributed by atoms with van der Waals surface area (Å²) in [4.78, 5) is 26.5. The van der Waals surface area contributed by atoms with Gasteiger partial charge in [-0.05, 0) is 98.6 Å². The SMILES string of the molecule is CC[N+](CCCS(=O)(=O)[O-])=c1ccc2c(C(C)(C)C)cc(/C=C/C=C3/N(CCCCCC(=O)O)c4ccc(C(=O)NCCOC)cc4C3(C)CCCS(=O)(=O)[O-])oc-2c1. The van der Waals surface area contributed by atoms with Gasteiger partial charge in [-0.3, -0.25) is 9.59 Å². The molecule has 16 heteroatoms. The van der Waals surface area contributed by atoms with E-state index in [9.17, 15) is 40.6 Å². The molecule has 2 aliphatic heterocycles. The highest BCUT2D eigenvalue weighted by Crippen LogP contribution is 2.51. The maximum absolute atomic E-state index is 13.2. The minimum absolute atomic E-state index is 0.0560. The smallest absolute Gasteiger partial charge is 0.303 e. The third-order valence-electron chi connectivity index (χ3n) is 10.6. The Morgan fingerprint density at radius 2 is 1.69 bits per heavy atom. The van der Waals surface area contributed by atoms with Crippen LogP contribution in [0.3, 0.4) is 0 Å². The molecule has 3 aliphatic rings. The highest BCUT2D eigenvalue weighted by Gasteiger charge is 2.43. The van der Waals surface area contributed by atoms with Crippen molar-refractivity contribution in [2.75, 3.05) is 56.3 Å². The Bertz CT molecular complexity index is 2290. The molecule has 0 radical (unpaired) electrons. The monoisotopic (exact) mass is 856 g/mol. The second-order valence-electron chi connectivity index (χ2n) is 16.1. The molecule has 0 bridgehead atoms. The van der Waals surface area contributed by atoms with Crippen LogP contribution in [0.25, 0.3) is 17.4 Å². The first-order chi connectivity index (χ1) is 27.7. The van der Waals surface area contributed by atoms with Crippen molar-refractivity contribution in [2.45, 2.75) is 90.4 Å². The number of nitrogens with zero attached hydrogens (tertiary/aromatic N) is 2. The topological polar surface area (TPSA) is 209 Å². The number of methoxy groups -OCH3 is 1. The Morgan fingerprint density at radius 1 is 0.983 bits per heavy atom. The van der Waals surface area contributed by atoms with Crippen LogP contribution < -0.4 is 20.1 Å². The van der Waals surface area contributed by atoms with E-state index in [4.69, 9.17) is 9.15 Å². The van der Waals surface area contributed by atoms with Gasteiger partial charge in [0.2, 0.25) is 5.36 Å². The number of unbranched alkanes of at least 4 members (excludes halogenated alkanes) is 2. The molecule has 1 unspecified atom stereocenters. The number of hydrogen-bond donors (Lipinski definition) is 2. The average molecular weight is 857 g/mol. The average Bonchev–Trinajstić information content (AvgIpc) is 3.37. The first-order valence-corrected chi connectivity index (χ1v) is 23.2. The highest BCUT2D eigenvalue weighted by atomic mass is 32.2. The summed E-state index contributed by atoms with van der Waals surface area (Å²) in [5, 5.41) is 12.9. The second-order valence-corrected chi connectivity index (χ2v) is 19.2. The molecule has 0 fully saturated rings. The Kier molecular flexibility index (Phi) is 16.3. The Hall–Kier alpha value is -4.35. The van der Waals surface area contributed by atoms with Gasteiger partial charge in [0.15, 0.2) is 0 Å². The summed E-state index contributed by atoms with van der Waals surface area (Å²) in [5.41, 5.74) is 3.72. The quantitative estimate of drug-likeness (QED) is 0.0781. The van der Waals surface area contributed by atoms with E-state index in [2.05, 4.69) is 31.0 Å². The first kappa shape index (κ1) is 47.3. The molecule has 0 spiro atoms. The summed E-state index contributed by atoms with van der Waals surface area (Å²) in [6.07, 6.45) is 8.10. The molecule has 1 aliphatic carbocycles. The van der Waals surface area contributed by atoms with Crippen molar-refractivity contribution in [3.63, 3.8) is 0 Å². The van der Waals surface area contributed by atoms with E-state index in [1.165, 1.54) is 0 Å². The lowest BCUT2D eigenvalue weighted by Crippen LogP contribution is -2.31. The molecule has 0 saturated heterocycles. The molecule has 324 valence electrons. The maximum atomic E-state index is 13.2. The van der Waals surface area contributed by atoms with Gasteiger partial charge in [0, 0.05) is 78.5 Å². The number of anilines is 1. The van der Waals surface area contributed by atoms with Gasteiger partial charge >= 0.3 is 5.97 Å². The van der Waals surface area contributed by atoms with E-state index in [1.54, 1.807) is 13.2 Å². The number of carbonyl (C=O) groups is 2. The van der Waals surface area contributed by atoms with Gasteiger partial charge in [-0.2, -0.15) is 0 Å². The van der Waals surface area contributed by atoms with Crippen molar-refractivity contribution in [1.29, 1.82) is 0 Å². The van der Waals surface area contributed by atoms with E-state index in [0.717, 1.165) is 33.4 Å². The van der Waals surface area contributed by atoms with Crippen molar-refractivity contribution >= 4 is 43.9 Å². The van der Waals surface area contributed by atoms with Crippen LogP contribution in [0.15, 0.2) is 64.7 Å². The minimum Gasteiger partial charge on any atom is -0.748 e. The number of ether oxygens (including phenoxy) is 1. The molecule has 1 atom stereocenters. The van der Waals surface area contributed by atoms with Crippen LogP contribution in [-0.2, 0) is 40.6 Å². The van der Waals surface area contributed by atoms with Gasteiger partial charge in [0.1, 0.15) is 24.6 Å². The number of aliphatic carboxylic acids is 1. The van der Waals surface area contributed by atoms with Gasteiger partial charge in [-0.1, -0.05) is 33.3 Å². The normalized spacial score (nSPS) is 17.2. The number of hydrogen-bond acceptors (Lipinski definition) is 11. The Morgan fingerprint density at radius 3 is 2.34 bits per heavy atom. The molecule has 1 aromatic rings. The summed E-state index contributed by atoms with van der Waals surface area (Å²) >= 11 is 0. The van der Waals surface area contributed by atoms with Crippen molar-refractivity contribution in [3.8, 4) is 11.3 Å². The van der Waals surface area contributed by atoms with Gasteiger partial charge in [0.05, 0.1) is 32.9 Å². The molecule has 4 rings (SSSR count). The number of fused-ring (bicyclic) bond motifs is 2. The molecule has 2 N–H and O–H groups in total. The Labute approximate surface area is 348 Å². The summed E-state index contributed by atoms with van der Waals surface area (Å²) in [6, 6.07) is 13.3. The number of benzene rings is 2. The van der Waals surface area contributed by atoms with Crippen molar-refractivity contribution < 1.29 is 49.8 Å². The van der Waals surface area contributed by atoms with Crippen LogP contribution in [0.5, 0.6) is 0 Å². The van der Waals surface area contributed by atoms with E-state index in [1.807, 2.05) is 73.0 Å². The number of amides is 1. The van der Waals surface area contributed by atoms with Crippen LogP contribution in [0.4, 0.5) is 5.69 Å². The van der Waals surface area contributed by atoms with E-state index >= 15 is 0 Å². The predicted molar refractivity (Wildman–Crippen MR) is 226 cm³/mol. The Balaban J connectivity index is 1.84. The lowest BCUT2D eigenvalue weighted by atomic mass is 9.77. The third-order valence-corrected chi connectivity index (χ3v) is 12.2. The van der Waals surface area contributed by atoms with Crippen LogP contribution >= 0.6 is 0 Å². The van der Waals surface area contributed by atoms with E-state index in [0.29, 0.717) is 69.1 Å². The zero-order chi connectivity index (χ0) is 43.6. The molecule has 0 saturated carbocycles. The minimum atomic E-state index is -4.49. The second kappa shape index (κ2) is 20.3. The molecule has 1 aromatic carbocycles. The van der Waals surface area contributed by atoms with E-state index in [-0.39, 0.29) is 37.0 Å². The lowest BCUT2D eigenvalue weighted by Gasteiger charge is -2.31. The molecular weight excluding hydrogens is 799 g/mol. The largest absolute Gasteiger partial charge is 0.748 e. The zero-order valence-corrected chi connectivity index (χ0v) is 36.5. The number of rotatable bonds is 21. The number of carbonyl (C=O) groups excluding carboxylic acids is 1. The first-order valence-electron chi connectivity index (χ1n) is 20.0. The molecule has 2 heterocycles. The molecular formula is C43H58N3O11S2-. The van der Waals surface area contributed by atoms with Crippen molar-refractivity contribution in [2.24, 2.45) is 0 Å². The van der Waals surface area contributed by atoms with Gasteiger partial charge in [0.25, 0.3) is 5.91 Å². The van der Waals surface area contributed by atoms with Crippen molar-refractivity contribution in [1.82, 2.24) is 9.89 Å². The van der Waals surface area contributed by atoms with Crippen molar-refractivity contribution in [3.05, 3.63) is 88.1 Å².